The summed E-state index contributed by atoms with van der Waals surface area (Å²) in [6.45, 7) is 4.53. The van der Waals surface area contributed by atoms with Crippen LogP contribution in [0.1, 0.15) is 31.4 Å². The van der Waals surface area contributed by atoms with Crippen molar-refractivity contribution in [3.8, 4) is 0 Å². The molecule has 1 aliphatic heterocycles. The summed E-state index contributed by atoms with van der Waals surface area (Å²) in [5, 5.41) is 13.5. The second-order valence-electron chi connectivity index (χ2n) is 4.99. The van der Waals surface area contributed by atoms with E-state index in [0.717, 1.165) is 25.9 Å². The van der Waals surface area contributed by atoms with Gasteiger partial charge >= 0.3 is 0 Å². The second kappa shape index (κ2) is 6.68. The molecule has 0 spiro atoms. The molecule has 4 nitrogen and oxygen atoms in total. The van der Waals surface area contributed by atoms with Crippen LogP contribution in [0.15, 0.2) is 30.3 Å². The van der Waals surface area contributed by atoms with E-state index in [-0.39, 0.29) is 11.9 Å². The molecule has 19 heavy (non-hydrogen) atoms. The Balaban J connectivity index is 2.10. The minimum absolute atomic E-state index is 0.179. The first-order valence-electron chi connectivity index (χ1n) is 6.98. The lowest BCUT2D eigenvalue weighted by Crippen LogP contribution is -2.44. The molecule has 0 aromatic heterocycles. The van der Waals surface area contributed by atoms with Crippen LogP contribution >= 0.6 is 0 Å². The van der Waals surface area contributed by atoms with E-state index in [1.807, 2.05) is 23.1 Å². The van der Waals surface area contributed by atoms with Gasteiger partial charge in [0.1, 0.15) is 0 Å². The summed E-state index contributed by atoms with van der Waals surface area (Å²) in [5.41, 5.74) is 0.666. The predicted molar refractivity (Wildman–Crippen MR) is 74.7 cm³/mol. The van der Waals surface area contributed by atoms with Crippen LogP contribution in [0.4, 0.5) is 0 Å². The third kappa shape index (κ3) is 3.33. The molecule has 1 aliphatic rings. The molecule has 1 aromatic rings. The fourth-order valence-corrected chi connectivity index (χ4v) is 2.55. The first-order chi connectivity index (χ1) is 9.24. The lowest BCUT2D eigenvalue weighted by molar-refractivity contribution is -0.142. The van der Waals surface area contributed by atoms with E-state index >= 15 is 0 Å². The molecule has 4 heteroatoms. The zero-order valence-corrected chi connectivity index (χ0v) is 11.4. The van der Waals surface area contributed by atoms with Gasteiger partial charge in [-0.05, 0) is 24.9 Å². The Labute approximate surface area is 114 Å². The van der Waals surface area contributed by atoms with Crippen LogP contribution in [0, 0.1) is 0 Å². The molecule has 0 aliphatic carbocycles. The number of aliphatic hydroxyl groups is 1. The van der Waals surface area contributed by atoms with E-state index in [9.17, 15) is 9.90 Å². The monoisotopic (exact) mass is 262 g/mol. The fraction of sp³-hybridized carbons (Fsp3) is 0.533. The van der Waals surface area contributed by atoms with Crippen molar-refractivity contribution in [2.45, 2.75) is 31.9 Å². The van der Waals surface area contributed by atoms with Crippen LogP contribution in [0.5, 0.6) is 0 Å². The van der Waals surface area contributed by atoms with E-state index in [1.54, 1.807) is 12.1 Å². The average Bonchev–Trinajstić information content (AvgIpc) is 2.98. The number of nitrogens with one attached hydrogen (secondary N) is 1. The standard InChI is InChI=1S/C15H22N2O2/c1-2-10-17(13-8-9-16-11-13)15(19)14(18)12-6-4-3-5-7-12/h3-7,13-14,16,18H,2,8-11H2,1H3. The second-order valence-corrected chi connectivity index (χ2v) is 4.99. The van der Waals surface area contributed by atoms with Crippen molar-refractivity contribution in [1.82, 2.24) is 10.2 Å². The van der Waals surface area contributed by atoms with Gasteiger partial charge in [-0.1, -0.05) is 37.3 Å². The summed E-state index contributed by atoms with van der Waals surface area (Å²) in [4.78, 5) is 14.3. The van der Waals surface area contributed by atoms with Crippen LogP contribution in [0.3, 0.4) is 0 Å². The lowest BCUT2D eigenvalue weighted by Gasteiger charge is -2.30. The van der Waals surface area contributed by atoms with Gasteiger partial charge in [-0.3, -0.25) is 4.79 Å². The number of rotatable bonds is 5. The molecule has 1 aromatic carbocycles. The number of amides is 1. The predicted octanol–water partition coefficient (Wildman–Crippen LogP) is 1.32. The molecule has 0 radical (unpaired) electrons. The molecule has 2 rings (SSSR count). The van der Waals surface area contributed by atoms with E-state index in [4.69, 9.17) is 0 Å². The van der Waals surface area contributed by atoms with Gasteiger partial charge in [-0.25, -0.2) is 0 Å². The van der Waals surface area contributed by atoms with Crippen LogP contribution in [-0.4, -0.2) is 41.6 Å². The van der Waals surface area contributed by atoms with Crippen LogP contribution < -0.4 is 5.32 Å². The van der Waals surface area contributed by atoms with Gasteiger partial charge in [0.25, 0.3) is 5.91 Å². The quantitative estimate of drug-likeness (QED) is 0.841. The number of aliphatic hydroxyl groups excluding tert-OH is 1. The maximum Gasteiger partial charge on any atom is 0.256 e. The zero-order chi connectivity index (χ0) is 13.7. The molecule has 1 heterocycles. The lowest BCUT2D eigenvalue weighted by atomic mass is 10.1. The highest BCUT2D eigenvalue weighted by Crippen LogP contribution is 2.19. The number of benzene rings is 1. The highest BCUT2D eigenvalue weighted by molar-refractivity contribution is 5.82. The Bertz CT molecular complexity index is 402. The van der Waals surface area contributed by atoms with E-state index in [2.05, 4.69) is 12.2 Å². The average molecular weight is 262 g/mol. The molecule has 0 saturated carbocycles. The molecular weight excluding hydrogens is 240 g/mol. The number of hydrogen-bond donors (Lipinski definition) is 2. The number of carbonyl (C=O) groups is 1. The maximum atomic E-state index is 12.5. The highest BCUT2D eigenvalue weighted by atomic mass is 16.3. The maximum absolute atomic E-state index is 12.5. The van der Waals surface area contributed by atoms with Gasteiger partial charge in [0.2, 0.25) is 0 Å². The van der Waals surface area contributed by atoms with Crippen molar-refractivity contribution in [1.29, 1.82) is 0 Å². The summed E-state index contributed by atoms with van der Waals surface area (Å²) < 4.78 is 0. The third-order valence-electron chi connectivity index (χ3n) is 3.57. The van der Waals surface area contributed by atoms with Crippen molar-refractivity contribution in [3.63, 3.8) is 0 Å². The highest BCUT2D eigenvalue weighted by Gasteiger charge is 2.30. The van der Waals surface area contributed by atoms with Gasteiger partial charge in [0, 0.05) is 19.1 Å². The first kappa shape index (κ1) is 14.0. The Hall–Kier alpha value is -1.39. The fourth-order valence-electron chi connectivity index (χ4n) is 2.55. The topological polar surface area (TPSA) is 52.6 Å². The van der Waals surface area contributed by atoms with Gasteiger partial charge < -0.3 is 15.3 Å². The van der Waals surface area contributed by atoms with Gasteiger partial charge in [0.15, 0.2) is 6.10 Å². The summed E-state index contributed by atoms with van der Waals surface area (Å²) in [6, 6.07) is 9.36. The van der Waals surface area contributed by atoms with Crippen molar-refractivity contribution < 1.29 is 9.90 Å². The number of nitrogens with zero attached hydrogens (tertiary/aromatic N) is 1. The summed E-state index contributed by atoms with van der Waals surface area (Å²) >= 11 is 0. The van der Waals surface area contributed by atoms with Crippen molar-refractivity contribution >= 4 is 5.91 Å². The minimum atomic E-state index is -1.05. The zero-order valence-electron chi connectivity index (χ0n) is 11.4. The van der Waals surface area contributed by atoms with Gasteiger partial charge in [-0.15, -0.1) is 0 Å². The molecule has 1 saturated heterocycles. The molecule has 2 N–H and O–H groups in total. The molecule has 1 amide bonds. The normalized spacial score (nSPS) is 20.2. The van der Waals surface area contributed by atoms with Crippen molar-refractivity contribution in [2.75, 3.05) is 19.6 Å². The minimum Gasteiger partial charge on any atom is -0.378 e. The van der Waals surface area contributed by atoms with Crippen molar-refractivity contribution in [3.05, 3.63) is 35.9 Å². The largest absolute Gasteiger partial charge is 0.378 e. The molecular formula is C15H22N2O2. The van der Waals surface area contributed by atoms with Gasteiger partial charge in [0.05, 0.1) is 0 Å². The van der Waals surface area contributed by atoms with E-state index in [1.165, 1.54) is 0 Å². The van der Waals surface area contributed by atoms with Crippen LogP contribution in [-0.2, 0) is 4.79 Å². The van der Waals surface area contributed by atoms with Gasteiger partial charge in [-0.2, -0.15) is 0 Å². The van der Waals surface area contributed by atoms with E-state index in [0.29, 0.717) is 12.1 Å². The SMILES string of the molecule is CCCN(C(=O)C(O)c1ccccc1)C1CCNC1. The van der Waals surface area contributed by atoms with Crippen LogP contribution in [0.25, 0.3) is 0 Å². The Morgan fingerprint density at radius 2 is 2.21 bits per heavy atom. The molecule has 1 fully saturated rings. The van der Waals surface area contributed by atoms with E-state index < -0.39 is 6.10 Å². The first-order valence-corrected chi connectivity index (χ1v) is 6.98. The van der Waals surface area contributed by atoms with Crippen molar-refractivity contribution in [2.24, 2.45) is 0 Å². The molecule has 2 atom stereocenters. The third-order valence-corrected chi connectivity index (χ3v) is 3.57. The Morgan fingerprint density at radius 1 is 1.47 bits per heavy atom. The van der Waals surface area contributed by atoms with Crippen LogP contribution in [0.2, 0.25) is 0 Å². The molecule has 104 valence electrons. The number of carbonyl (C=O) groups excluding carboxylic acids is 1. The Morgan fingerprint density at radius 3 is 2.79 bits per heavy atom. The number of hydrogen-bond acceptors (Lipinski definition) is 3. The smallest absolute Gasteiger partial charge is 0.256 e. The molecule has 2 unspecified atom stereocenters. The molecule has 0 bridgehead atoms. The summed E-state index contributed by atoms with van der Waals surface area (Å²) in [7, 11) is 0. The summed E-state index contributed by atoms with van der Waals surface area (Å²) in [6.07, 6.45) is 0.824. The Kier molecular flexibility index (Phi) is 4.93. The summed E-state index contributed by atoms with van der Waals surface area (Å²) in [5.74, 6) is -0.179.